The maximum Gasteiger partial charge on any atom is 0.335 e. The highest BCUT2D eigenvalue weighted by Gasteiger charge is 2.71. The lowest BCUT2D eigenvalue weighted by Gasteiger charge is -2.70. The molecule has 0 unspecified atom stereocenters. The summed E-state index contributed by atoms with van der Waals surface area (Å²) in [7, 11) is 0. The van der Waals surface area contributed by atoms with Gasteiger partial charge in [0.05, 0.1) is 24.7 Å². The Morgan fingerprint density at radius 1 is 0.657 bits per heavy atom. The molecule has 4 saturated carbocycles. The zero-order chi connectivity index (χ0) is 51.6. The summed E-state index contributed by atoms with van der Waals surface area (Å²) in [5, 5.41) is 126. The Morgan fingerprint density at radius 3 is 1.86 bits per heavy atom. The zero-order valence-electron chi connectivity index (χ0n) is 40.3. The summed E-state index contributed by atoms with van der Waals surface area (Å²) >= 11 is 0. The predicted molar refractivity (Wildman–Crippen MR) is 233 cm³/mol. The number of aliphatic hydroxyl groups excluding tert-OH is 10. The van der Waals surface area contributed by atoms with Crippen LogP contribution in [0.3, 0.4) is 0 Å². The van der Waals surface area contributed by atoms with Crippen molar-refractivity contribution in [2.24, 2.45) is 50.2 Å². The SMILES string of the molecule is C[C@]1(C(=O)O[C@@H]2O[C@H](CO)[C@@H](O)[C@H](O)[C@H]2O)CC[C@]2(C)CC[C@]3(C)C(=CC(=O)[C@@H]4[C@@]5(C)CC[C@H](O[C@H]6O[C@H](C(=O)O)[C@@H](O)[C@H](O)[C@H]6O[C@@H]6O[C@H](C(=O)O)[C@@H](O)[C@H](O)[C@H]6O)[C@](C)(CO)[C@@H]5CC[C@]43C)[C@@H]2C1. The van der Waals surface area contributed by atoms with Crippen molar-refractivity contribution in [3.05, 3.63) is 11.6 Å². The monoisotopic (exact) mass is 1000 g/mol. The van der Waals surface area contributed by atoms with Crippen LogP contribution in [0.25, 0.3) is 0 Å². The fourth-order valence-electron chi connectivity index (χ4n) is 14.8. The second kappa shape index (κ2) is 18.6. The zero-order valence-corrected chi connectivity index (χ0v) is 40.3. The van der Waals surface area contributed by atoms with Crippen LogP contribution < -0.4 is 0 Å². The highest BCUT2D eigenvalue weighted by molar-refractivity contribution is 5.95. The molecule has 22 heteroatoms. The first-order valence-corrected chi connectivity index (χ1v) is 24.4. The van der Waals surface area contributed by atoms with Crippen LogP contribution >= 0.6 is 0 Å². The molecule has 0 amide bonds. The van der Waals surface area contributed by atoms with Gasteiger partial charge in [-0.05, 0) is 104 Å². The Balaban J connectivity index is 1.06. The smallest absolute Gasteiger partial charge is 0.335 e. The summed E-state index contributed by atoms with van der Waals surface area (Å²) < 4.78 is 34.5. The van der Waals surface area contributed by atoms with E-state index in [0.29, 0.717) is 38.5 Å². The number of carbonyl (C=O) groups is 4. The fourth-order valence-corrected chi connectivity index (χ4v) is 14.8. The van der Waals surface area contributed by atoms with Crippen LogP contribution in [0.4, 0.5) is 0 Å². The lowest BCUT2D eigenvalue weighted by Crippen LogP contribution is -2.69. The molecule has 5 aliphatic carbocycles. The topological polar surface area (TPSA) is 366 Å². The third kappa shape index (κ3) is 8.10. The lowest BCUT2D eigenvalue weighted by atomic mass is 9.33. The summed E-state index contributed by atoms with van der Waals surface area (Å²) in [6.45, 7) is 11.0. The minimum absolute atomic E-state index is 0.0919. The second-order valence-corrected chi connectivity index (χ2v) is 23.3. The highest BCUT2D eigenvalue weighted by atomic mass is 16.8. The highest BCUT2D eigenvalue weighted by Crippen LogP contribution is 2.75. The van der Waals surface area contributed by atoms with E-state index in [0.717, 1.165) is 18.4 Å². The molecule has 0 aromatic rings. The Labute approximate surface area is 404 Å². The Morgan fingerprint density at radius 2 is 1.24 bits per heavy atom. The molecular formula is C48H72O22. The molecule has 3 heterocycles. The van der Waals surface area contributed by atoms with Gasteiger partial charge in [-0.15, -0.1) is 0 Å². The summed E-state index contributed by atoms with van der Waals surface area (Å²) in [5.74, 6) is -5.35. The van der Waals surface area contributed by atoms with E-state index in [1.807, 2.05) is 6.92 Å². The standard InChI is InChI=1S/C48H72O22/c1-43-11-12-44(2,42(64)70-39-31(58)26(53)25(52)22(17-49)65-39)16-20(43)19-15-21(51)36-45(3)9-8-24(46(4,18-50)23(45)7-10-48(36,6)47(19,5)14-13-43)66-41-35(30(57)29(56)34(68-41)38(62)63)69-40-32(59)27(54)28(55)33(67-40)37(60)61/h15,20,22-36,39-41,49-50,52-59H,7-14,16-18H2,1-6H3,(H,60,61)(H,62,63)/t20-,22+,23+,24-,25+,26-,27-,28-,29-,30-,31+,32+,33-,34-,35+,36+,39-,40-,41-,43+,44-,45-,46+,47+,48+/m0/s1. The minimum atomic E-state index is -2.13. The van der Waals surface area contributed by atoms with E-state index < -0.39 is 168 Å². The number of esters is 1. The first-order chi connectivity index (χ1) is 32.6. The normalized spacial score (nSPS) is 53.6. The van der Waals surface area contributed by atoms with Gasteiger partial charge in [-0.2, -0.15) is 0 Å². The minimum Gasteiger partial charge on any atom is -0.479 e. The number of rotatable bonds is 10. The molecule has 22 nitrogen and oxygen atoms in total. The molecule has 8 rings (SSSR count). The molecular weight excluding hydrogens is 929 g/mol. The number of ether oxygens (including phenoxy) is 6. The van der Waals surface area contributed by atoms with Crippen LogP contribution in [-0.4, -0.2) is 196 Å². The van der Waals surface area contributed by atoms with Crippen molar-refractivity contribution in [2.75, 3.05) is 13.2 Å². The number of fused-ring (bicyclic) bond motifs is 7. The average molecular weight is 1000 g/mol. The van der Waals surface area contributed by atoms with Gasteiger partial charge in [0.15, 0.2) is 30.6 Å². The van der Waals surface area contributed by atoms with Gasteiger partial charge < -0.3 is 89.7 Å². The molecule has 7 fully saturated rings. The van der Waals surface area contributed by atoms with Crippen molar-refractivity contribution < 1.29 is 109 Å². The van der Waals surface area contributed by atoms with E-state index in [1.165, 1.54) is 0 Å². The molecule has 3 saturated heterocycles. The summed E-state index contributed by atoms with van der Waals surface area (Å²) in [5.41, 5.74) is -3.51. The van der Waals surface area contributed by atoms with Gasteiger partial charge >= 0.3 is 17.9 Å². The van der Waals surface area contributed by atoms with Crippen molar-refractivity contribution in [1.82, 2.24) is 0 Å². The van der Waals surface area contributed by atoms with Crippen LogP contribution in [0.2, 0.25) is 0 Å². The number of aliphatic carboxylic acids is 2. The molecule has 3 aliphatic heterocycles. The Kier molecular flexibility index (Phi) is 14.2. The van der Waals surface area contributed by atoms with Crippen molar-refractivity contribution in [3.8, 4) is 0 Å². The average Bonchev–Trinajstić information content (AvgIpc) is 3.30. The van der Waals surface area contributed by atoms with E-state index >= 15 is 4.79 Å². The Bertz CT molecular complexity index is 2070. The van der Waals surface area contributed by atoms with Gasteiger partial charge in [0, 0.05) is 11.3 Å². The third-order valence-corrected chi connectivity index (χ3v) is 19.4. The van der Waals surface area contributed by atoms with E-state index in [-0.39, 0.29) is 23.5 Å². The number of aliphatic hydroxyl groups is 10. The van der Waals surface area contributed by atoms with Crippen LogP contribution in [0, 0.1) is 50.2 Å². The van der Waals surface area contributed by atoms with Gasteiger partial charge in [-0.3, -0.25) is 9.59 Å². The number of allylic oxidation sites excluding steroid dienone is 2. The number of carbonyl (C=O) groups excluding carboxylic acids is 2. The van der Waals surface area contributed by atoms with Gasteiger partial charge in [0.1, 0.15) is 61.0 Å². The third-order valence-electron chi connectivity index (χ3n) is 19.4. The van der Waals surface area contributed by atoms with Crippen LogP contribution in [0.1, 0.15) is 99.3 Å². The number of hydrogen-bond acceptors (Lipinski definition) is 20. The first kappa shape index (κ1) is 53.5. The summed E-state index contributed by atoms with van der Waals surface area (Å²) in [4.78, 5) is 53.5. The summed E-state index contributed by atoms with van der Waals surface area (Å²) in [6, 6.07) is 0. The largest absolute Gasteiger partial charge is 0.479 e. The molecule has 70 heavy (non-hydrogen) atoms. The van der Waals surface area contributed by atoms with Gasteiger partial charge in [-0.1, -0.05) is 40.2 Å². The first-order valence-electron chi connectivity index (χ1n) is 24.4. The van der Waals surface area contributed by atoms with Gasteiger partial charge in [0.2, 0.25) is 6.29 Å². The molecule has 0 aromatic heterocycles. The second-order valence-electron chi connectivity index (χ2n) is 23.3. The quantitative estimate of drug-likeness (QED) is 0.0873. The fraction of sp³-hybridized carbons (Fsp3) is 0.875. The van der Waals surface area contributed by atoms with Crippen molar-refractivity contribution in [3.63, 3.8) is 0 Å². The van der Waals surface area contributed by atoms with Crippen LogP contribution in [0.15, 0.2) is 11.6 Å². The van der Waals surface area contributed by atoms with E-state index in [1.54, 1.807) is 19.9 Å². The maximum absolute atomic E-state index is 15.2. The number of ketones is 1. The van der Waals surface area contributed by atoms with Crippen LogP contribution in [-0.2, 0) is 47.6 Å². The Hall–Kier alpha value is -2.78. The lowest BCUT2D eigenvalue weighted by molar-refractivity contribution is -0.372. The summed E-state index contributed by atoms with van der Waals surface area (Å²) in [6.07, 6.45) is -23.2. The van der Waals surface area contributed by atoms with Gasteiger partial charge in [0.25, 0.3) is 0 Å². The maximum atomic E-state index is 15.2. The molecule has 25 atom stereocenters. The predicted octanol–water partition coefficient (Wildman–Crippen LogP) is -1.52. The molecule has 0 radical (unpaired) electrons. The van der Waals surface area contributed by atoms with Gasteiger partial charge in [-0.25, -0.2) is 9.59 Å². The molecule has 0 spiro atoms. The van der Waals surface area contributed by atoms with E-state index in [9.17, 15) is 75.7 Å². The van der Waals surface area contributed by atoms with Crippen LogP contribution in [0.5, 0.6) is 0 Å². The molecule has 0 aromatic carbocycles. The molecule has 396 valence electrons. The molecule has 8 aliphatic rings. The number of carboxylic acid groups (broad SMARTS) is 2. The number of carboxylic acids is 2. The van der Waals surface area contributed by atoms with Crippen molar-refractivity contribution >= 4 is 23.7 Å². The molecule has 0 bridgehead atoms. The van der Waals surface area contributed by atoms with E-state index in [4.69, 9.17) is 28.4 Å². The number of hydrogen-bond donors (Lipinski definition) is 12. The molecule has 12 N–H and O–H groups in total. The van der Waals surface area contributed by atoms with Crippen molar-refractivity contribution in [2.45, 2.75) is 198 Å². The van der Waals surface area contributed by atoms with E-state index in [2.05, 4.69) is 20.8 Å². The van der Waals surface area contributed by atoms with Crippen molar-refractivity contribution in [1.29, 1.82) is 0 Å².